The lowest BCUT2D eigenvalue weighted by Gasteiger charge is -2.12. The molecule has 3 aromatic carbocycles. The molecule has 3 rings (SSSR count). The van der Waals surface area contributed by atoms with Gasteiger partial charge in [0.25, 0.3) is 0 Å². The van der Waals surface area contributed by atoms with E-state index in [1.807, 2.05) is 103 Å². The van der Waals surface area contributed by atoms with Gasteiger partial charge < -0.3 is 4.74 Å². The number of benzene rings is 3. The first-order valence-electron chi connectivity index (χ1n) is 7.47. The van der Waals surface area contributed by atoms with Crippen LogP contribution in [0.4, 0.5) is 5.69 Å². The fourth-order valence-electron chi connectivity index (χ4n) is 2.15. The number of nitrogens with zero attached hydrogens (tertiary/aromatic N) is 2. The summed E-state index contributed by atoms with van der Waals surface area (Å²) in [6, 6.07) is 27.6. The second kappa shape index (κ2) is 7.27. The molecular weight excluding hydrogens is 284 g/mol. The van der Waals surface area contributed by atoms with Crippen molar-refractivity contribution in [2.75, 3.05) is 12.1 Å². The number of para-hydroxylation sites is 2. The molecule has 3 aromatic rings. The highest BCUT2D eigenvalue weighted by Gasteiger charge is 1.99. The summed E-state index contributed by atoms with van der Waals surface area (Å²) in [5.74, 6) is 1.62. The van der Waals surface area contributed by atoms with E-state index in [2.05, 4.69) is 5.10 Å². The molecule has 0 fully saturated rings. The molecule has 0 bridgehead atoms. The van der Waals surface area contributed by atoms with E-state index < -0.39 is 0 Å². The van der Waals surface area contributed by atoms with E-state index in [0.29, 0.717) is 0 Å². The van der Waals surface area contributed by atoms with E-state index in [0.717, 1.165) is 22.7 Å². The van der Waals surface area contributed by atoms with Crippen LogP contribution in [0.3, 0.4) is 0 Å². The van der Waals surface area contributed by atoms with E-state index in [1.54, 1.807) is 0 Å². The van der Waals surface area contributed by atoms with Gasteiger partial charge >= 0.3 is 0 Å². The molecule has 0 amide bonds. The first kappa shape index (κ1) is 14.9. The van der Waals surface area contributed by atoms with Crippen molar-refractivity contribution in [3.05, 3.63) is 90.5 Å². The Kier molecular flexibility index (Phi) is 4.69. The van der Waals surface area contributed by atoms with Crippen molar-refractivity contribution in [2.24, 2.45) is 5.10 Å². The number of hydrogen-bond acceptors (Lipinski definition) is 3. The van der Waals surface area contributed by atoms with Gasteiger partial charge in [0, 0.05) is 7.05 Å². The van der Waals surface area contributed by atoms with Gasteiger partial charge in [-0.15, -0.1) is 0 Å². The predicted octanol–water partition coefficient (Wildman–Crippen LogP) is 4.95. The molecule has 0 heterocycles. The van der Waals surface area contributed by atoms with Gasteiger partial charge in [0.15, 0.2) is 0 Å². The van der Waals surface area contributed by atoms with Crippen molar-refractivity contribution >= 4 is 11.9 Å². The Balaban J connectivity index is 1.71. The van der Waals surface area contributed by atoms with Crippen LogP contribution in [0.25, 0.3) is 0 Å². The summed E-state index contributed by atoms with van der Waals surface area (Å²) in [5.41, 5.74) is 2.03. The van der Waals surface area contributed by atoms with Crippen molar-refractivity contribution in [1.82, 2.24) is 0 Å². The molecule has 0 aliphatic carbocycles. The van der Waals surface area contributed by atoms with Crippen LogP contribution in [-0.4, -0.2) is 13.3 Å². The van der Waals surface area contributed by atoms with Gasteiger partial charge in [-0.2, -0.15) is 5.10 Å². The smallest absolute Gasteiger partial charge is 0.128 e. The lowest BCUT2D eigenvalue weighted by molar-refractivity contribution is 0.482. The number of hydrazone groups is 1. The molecule has 3 heteroatoms. The Morgan fingerprint density at radius 2 is 1.43 bits per heavy atom. The summed E-state index contributed by atoms with van der Waals surface area (Å²) >= 11 is 0. The Morgan fingerprint density at radius 1 is 0.783 bits per heavy atom. The Bertz CT molecular complexity index is 770. The van der Waals surface area contributed by atoms with Gasteiger partial charge in [0.05, 0.1) is 11.9 Å². The van der Waals surface area contributed by atoms with E-state index in [1.165, 1.54) is 0 Å². The minimum atomic E-state index is 0.794. The first-order chi connectivity index (χ1) is 11.3. The van der Waals surface area contributed by atoms with Gasteiger partial charge in [-0.3, -0.25) is 5.01 Å². The van der Waals surface area contributed by atoms with Gasteiger partial charge in [-0.1, -0.05) is 48.5 Å². The highest BCUT2D eigenvalue weighted by Crippen LogP contribution is 2.21. The molecule has 114 valence electrons. The molecule has 0 radical (unpaired) electrons. The summed E-state index contributed by atoms with van der Waals surface area (Å²) in [7, 11) is 1.93. The summed E-state index contributed by atoms with van der Waals surface area (Å²) < 4.78 is 5.84. The fourth-order valence-corrected chi connectivity index (χ4v) is 2.15. The Labute approximate surface area is 136 Å². The zero-order valence-corrected chi connectivity index (χ0v) is 13.0. The third-order valence-corrected chi connectivity index (χ3v) is 3.35. The highest BCUT2D eigenvalue weighted by atomic mass is 16.5. The molecule has 3 nitrogen and oxygen atoms in total. The molecule has 0 unspecified atom stereocenters. The molecule has 0 aliphatic rings. The molecule has 0 N–H and O–H groups in total. The molecule has 0 atom stereocenters. The predicted molar refractivity (Wildman–Crippen MR) is 95.4 cm³/mol. The Hall–Kier alpha value is -3.07. The molecular formula is C20H18N2O. The van der Waals surface area contributed by atoms with Gasteiger partial charge in [0.1, 0.15) is 11.5 Å². The SMILES string of the molecule is CN(N=Cc1cccc(Oc2ccccc2)c1)c1ccccc1. The second-order valence-electron chi connectivity index (χ2n) is 5.09. The molecule has 0 saturated heterocycles. The van der Waals surface area contributed by atoms with Crippen molar-refractivity contribution in [3.63, 3.8) is 0 Å². The van der Waals surface area contributed by atoms with Crippen molar-refractivity contribution in [2.45, 2.75) is 0 Å². The van der Waals surface area contributed by atoms with Gasteiger partial charge in [-0.25, -0.2) is 0 Å². The number of ether oxygens (including phenoxy) is 1. The quantitative estimate of drug-likeness (QED) is 0.492. The Morgan fingerprint density at radius 3 is 2.17 bits per heavy atom. The standard InChI is InChI=1S/C20H18N2O/c1-22(18-10-4-2-5-11-18)21-16-17-9-8-14-20(15-17)23-19-12-6-3-7-13-19/h2-16H,1H3. The maximum Gasteiger partial charge on any atom is 0.128 e. The second-order valence-corrected chi connectivity index (χ2v) is 5.09. The number of anilines is 1. The lowest BCUT2D eigenvalue weighted by atomic mass is 10.2. The minimum Gasteiger partial charge on any atom is -0.457 e. The topological polar surface area (TPSA) is 24.8 Å². The number of rotatable bonds is 5. The third-order valence-electron chi connectivity index (χ3n) is 3.35. The van der Waals surface area contributed by atoms with Crippen LogP contribution in [0, 0.1) is 0 Å². The zero-order chi connectivity index (χ0) is 15.9. The summed E-state index contributed by atoms with van der Waals surface area (Å²) in [6.07, 6.45) is 1.82. The van der Waals surface area contributed by atoms with E-state index in [4.69, 9.17) is 4.74 Å². The van der Waals surface area contributed by atoms with E-state index in [9.17, 15) is 0 Å². The molecule has 0 aliphatic heterocycles. The minimum absolute atomic E-state index is 0.794. The van der Waals surface area contributed by atoms with Crippen LogP contribution in [-0.2, 0) is 0 Å². The van der Waals surface area contributed by atoms with Crippen molar-refractivity contribution in [3.8, 4) is 11.5 Å². The molecule has 0 spiro atoms. The number of hydrogen-bond donors (Lipinski definition) is 0. The first-order valence-corrected chi connectivity index (χ1v) is 7.47. The zero-order valence-electron chi connectivity index (χ0n) is 13.0. The van der Waals surface area contributed by atoms with Crippen LogP contribution in [0.5, 0.6) is 11.5 Å². The van der Waals surface area contributed by atoms with Crippen LogP contribution < -0.4 is 9.75 Å². The maximum atomic E-state index is 5.84. The highest BCUT2D eigenvalue weighted by molar-refractivity contribution is 5.81. The lowest BCUT2D eigenvalue weighted by Crippen LogP contribution is -2.08. The van der Waals surface area contributed by atoms with Crippen molar-refractivity contribution in [1.29, 1.82) is 0 Å². The van der Waals surface area contributed by atoms with Crippen LogP contribution in [0.2, 0.25) is 0 Å². The monoisotopic (exact) mass is 302 g/mol. The van der Waals surface area contributed by atoms with Gasteiger partial charge in [0.2, 0.25) is 0 Å². The van der Waals surface area contributed by atoms with E-state index >= 15 is 0 Å². The van der Waals surface area contributed by atoms with Crippen LogP contribution in [0.1, 0.15) is 5.56 Å². The molecule has 23 heavy (non-hydrogen) atoms. The average molecular weight is 302 g/mol. The fraction of sp³-hybridized carbons (Fsp3) is 0.0500. The van der Waals surface area contributed by atoms with E-state index in [-0.39, 0.29) is 0 Å². The largest absolute Gasteiger partial charge is 0.457 e. The maximum absolute atomic E-state index is 5.84. The van der Waals surface area contributed by atoms with Gasteiger partial charge in [-0.05, 0) is 42.0 Å². The normalized spacial score (nSPS) is 10.7. The summed E-state index contributed by atoms with van der Waals surface area (Å²) in [5, 5.41) is 6.30. The van der Waals surface area contributed by atoms with Crippen molar-refractivity contribution < 1.29 is 4.74 Å². The van der Waals surface area contributed by atoms with Crippen LogP contribution >= 0.6 is 0 Å². The molecule has 0 aromatic heterocycles. The van der Waals surface area contributed by atoms with Crippen LogP contribution in [0.15, 0.2) is 90.0 Å². The summed E-state index contributed by atoms with van der Waals surface area (Å²) in [4.78, 5) is 0. The molecule has 0 saturated carbocycles. The summed E-state index contributed by atoms with van der Waals surface area (Å²) in [6.45, 7) is 0. The third kappa shape index (κ3) is 4.20. The average Bonchev–Trinajstić information content (AvgIpc) is 2.62.